The highest BCUT2D eigenvalue weighted by molar-refractivity contribution is 5.88. The predicted octanol–water partition coefficient (Wildman–Crippen LogP) is 1.53. The lowest BCUT2D eigenvalue weighted by Gasteiger charge is -2.34. The Kier molecular flexibility index (Phi) is 6.08. The summed E-state index contributed by atoms with van der Waals surface area (Å²) >= 11 is 0. The monoisotopic (exact) mass is 370 g/mol. The fraction of sp³-hybridized carbons (Fsp3) is 0.421. The van der Waals surface area contributed by atoms with Crippen molar-refractivity contribution in [1.29, 1.82) is 0 Å². The van der Waals surface area contributed by atoms with Gasteiger partial charge in [-0.3, -0.25) is 14.5 Å². The van der Waals surface area contributed by atoms with Gasteiger partial charge in [0.05, 0.1) is 19.3 Å². The minimum atomic E-state index is -0.0781. The van der Waals surface area contributed by atoms with Crippen LogP contribution in [0.25, 0.3) is 0 Å². The summed E-state index contributed by atoms with van der Waals surface area (Å²) in [6.07, 6.45) is 3.81. The Labute approximate surface area is 159 Å². The summed E-state index contributed by atoms with van der Waals surface area (Å²) in [6.45, 7) is 4.26. The topological polar surface area (TPSA) is 83.8 Å². The van der Waals surface area contributed by atoms with E-state index in [4.69, 9.17) is 4.74 Å². The van der Waals surface area contributed by atoms with E-state index < -0.39 is 0 Å². The molecule has 0 aliphatic carbocycles. The Bertz CT molecular complexity index is 816. The second kappa shape index (κ2) is 8.68. The van der Waals surface area contributed by atoms with E-state index >= 15 is 0 Å². The van der Waals surface area contributed by atoms with Crippen molar-refractivity contribution in [3.8, 4) is 0 Å². The molecular weight excluding hydrogens is 344 g/mol. The number of rotatable bonds is 4. The molecule has 2 N–H and O–H groups in total. The van der Waals surface area contributed by atoms with Crippen LogP contribution in [0.4, 0.5) is 5.69 Å². The lowest BCUT2D eigenvalue weighted by molar-refractivity contribution is -0.114. The number of amides is 1. The van der Waals surface area contributed by atoms with Crippen LogP contribution < -0.4 is 10.6 Å². The Balaban J connectivity index is 1.61. The van der Waals surface area contributed by atoms with Crippen LogP contribution >= 0.6 is 0 Å². The van der Waals surface area contributed by atoms with Crippen molar-refractivity contribution in [2.24, 2.45) is 12.0 Å². The standard InChI is InChI=1S/C19H26N6O2/c1-14(26)23-17-6-4-5-15(9-17)10-21-19(20-2)25-7-8-27-18(13-25)16-11-22-24(3)12-16/h4-6,9,11-12,18H,7-8,10,13H2,1-3H3,(H,20,21)(H,23,26). The molecule has 1 aromatic heterocycles. The van der Waals surface area contributed by atoms with Crippen molar-refractivity contribution in [2.75, 3.05) is 32.1 Å². The average Bonchev–Trinajstić information content (AvgIpc) is 3.09. The van der Waals surface area contributed by atoms with E-state index in [1.54, 1.807) is 11.7 Å². The number of benzene rings is 1. The van der Waals surface area contributed by atoms with Gasteiger partial charge in [0.25, 0.3) is 0 Å². The van der Waals surface area contributed by atoms with Crippen LogP contribution in [-0.2, 0) is 23.1 Å². The summed E-state index contributed by atoms with van der Waals surface area (Å²) in [7, 11) is 3.68. The van der Waals surface area contributed by atoms with Gasteiger partial charge in [-0.05, 0) is 17.7 Å². The van der Waals surface area contributed by atoms with Crippen LogP contribution in [0.5, 0.6) is 0 Å². The van der Waals surface area contributed by atoms with Gasteiger partial charge >= 0.3 is 0 Å². The van der Waals surface area contributed by atoms with Gasteiger partial charge in [-0.1, -0.05) is 12.1 Å². The molecular formula is C19H26N6O2. The van der Waals surface area contributed by atoms with Crippen molar-refractivity contribution in [2.45, 2.75) is 19.6 Å². The van der Waals surface area contributed by atoms with E-state index in [2.05, 4.69) is 25.6 Å². The number of anilines is 1. The zero-order valence-electron chi connectivity index (χ0n) is 16.0. The third-order valence-electron chi connectivity index (χ3n) is 4.37. The molecule has 1 aromatic carbocycles. The lowest BCUT2D eigenvalue weighted by atomic mass is 10.1. The Morgan fingerprint density at radius 3 is 3.00 bits per heavy atom. The molecule has 2 aromatic rings. The van der Waals surface area contributed by atoms with Crippen LogP contribution in [0.2, 0.25) is 0 Å². The number of aliphatic imine (C=N–C) groups is 1. The van der Waals surface area contributed by atoms with Crippen molar-refractivity contribution < 1.29 is 9.53 Å². The third kappa shape index (κ3) is 5.07. The highest BCUT2D eigenvalue weighted by Gasteiger charge is 2.25. The maximum absolute atomic E-state index is 11.2. The van der Waals surface area contributed by atoms with Gasteiger partial charge in [0.1, 0.15) is 6.10 Å². The highest BCUT2D eigenvalue weighted by atomic mass is 16.5. The van der Waals surface area contributed by atoms with Crippen LogP contribution in [0, 0.1) is 0 Å². The highest BCUT2D eigenvalue weighted by Crippen LogP contribution is 2.21. The minimum absolute atomic E-state index is 0.0194. The molecule has 0 spiro atoms. The number of morpholine rings is 1. The summed E-state index contributed by atoms with van der Waals surface area (Å²) in [6, 6.07) is 7.78. The van der Waals surface area contributed by atoms with E-state index in [0.29, 0.717) is 13.2 Å². The zero-order valence-corrected chi connectivity index (χ0v) is 16.0. The van der Waals surface area contributed by atoms with Gasteiger partial charge in [0.2, 0.25) is 5.91 Å². The smallest absolute Gasteiger partial charge is 0.221 e. The number of hydrogen-bond acceptors (Lipinski definition) is 4. The van der Waals surface area contributed by atoms with Crippen LogP contribution in [0.1, 0.15) is 24.2 Å². The first kappa shape index (κ1) is 18.9. The average molecular weight is 370 g/mol. The quantitative estimate of drug-likeness (QED) is 0.630. The molecule has 1 saturated heterocycles. The van der Waals surface area contributed by atoms with E-state index in [0.717, 1.165) is 35.9 Å². The fourth-order valence-electron chi connectivity index (χ4n) is 3.13. The Morgan fingerprint density at radius 2 is 2.30 bits per heavy atom. The van der Waals surface area contributed by atoms with Crippen molar-refractivity contribution >= 4 is 17.6 Å². The Morgan fingerprint density at radius 1 is 1.44 bits per heavy atom. The molecule has 1 aliphatic heterocycles. The van der Waals surface area contributed by atoms with Gasteiger partial charge in [-0.2, -0.15) is 5.10 Å². The molecule has 0 bridgehead atoms. The molecule has 1 fully saturated rings. The number of aryl methyl sites for hydroxylation is 1. The number of nitrogens with zero attached hydrogens (tertiary/aromatic N) is 4. The van der Waals surface area contributed by atoms with Gasteiger partial charge in [0, 0.05) is 51.6 Å². The summed E-state index contributed by atoms with van der Waals surface area (Å²) in [4.78, 5) is 17.8. The van der Waals surface area contributed by atoms with Crippen molar-refractivity contribution in [3.05, 3.63) is 47.8 Å². The number of nitrogens with one attached hydrogen (secondary N) is 2. The van der Waals surface area contributed by atoms with E-state index in [-0.39, 0.29) is 12.0 Å². The first-order valence-corrected chi connectivity index (χ1v) is 8.97. The number of carbonyl (C=O) groups is 1. The maximum Gasteiger partial charge on any atom is 0.221 e. The van der Waals surface area contributed by atoms with E-state index in [9.17, 15) is 4.79 Å². The molecule has 27 heavy (non-hydrogen) atoms. The molecule has 0 radical (unpaired) electrons. The number of ether oxygens (including phenoxy) is 1. The molecule has 1 amide bonds. The first-order valence-electron chi connectivity index (χ1n) is 8.97. The summed E-state index contributed by atoms with van der Waals surface area (Å²) in [5, 5.41) is 10.4. The summed E-state index contributed by atoms with van der Waals surface area (Å²) in [5.41, 5.74) is 2.93. The fourth-order valence-corrected chi connectivity index (χ4v) is 3.13. The van der Waals surface area contributed by atoms with Crippen LogP contribution in [0.3, 0.4) is 0 Å². The normalized spacial score (nSPS) is 17.7. The van der Waals surface area contributed by atoms with Crippen molar-refractivity contribution in [1.82, 2.24) is 20.0 Å². The number of hydrogen-bond donors (Lipinski definition) is 2. The molecule has 0 saturated carbocycles. The number of carbonyl (C=O) groups excluding carboxylic acids is 1. The van der Waals surface area contributed by atoms with Crippen LogP contribution in [0.15, 0.2) is 41.7 Å². The molecule has 144 valence electrons. The number of aromatic nitrogens is 2. The second-order valence-electron chi connectivity index (χ2n) is 6.54. The zero-order chi connectivity index (χ0) is 19.2. The Hall–Kier alpha value is -2.87. The number of guanidine groups is 1. The van der Waals surface area contributed by atoms with Gasteiger partial charge in [-0.25, -0.2) is 0 Å². The minimum Gasteiger partial charge on any atom is -0.370 e. The summed E-state index contributed by atoms with van der Waals surface area (Å²) < 4.78 is 7.68. The van der Waals surface area contributed by atoms with E-state index in [1.807, 2.05) is 43.7 Å². The summed E-state index contributed by atoms with van der Waals surface area (Å²) in [5.74, 6) is 0.753. The molecule has 3 rings (SSSR count). The maximum atomic E-state index is 11.2. The van der Waals surface area contributed by atoms with Crippen LogP contribution in [-0.4, -0.2) is 53.3 Å². The van der Waals surface area contributed by atoms with Gasteiger partial charge in [0.15, 0.2) is 5.96 Å². The molecule has 1 unspecified atom stereocenters. The first-order chi connectivity index (χ1) is 13.0. The largest absolute Gasteiger partial charge is 0.370 e. The van der Waals surface area contributed by atoms with E-state index in [1.165, 1.54) is 6.92 Å². The SMILES string of the molecule is CN=C(NCc1cccc(NC(C)=O)c1)N1CCOC(c2cnn(C)c2)C1. The predicted molar refractivity (Wildman–Crippen MR) is 104 cm³/mol. The van der Waals surface area contributed by atoms with Gasteiger partial charge in [-0.15, -0.1) is 0 Å². The molecule has 1 atom stereocenters. The molecule has 1 aliphatic rings. The molecule has 8 heteroatoms. The van der Waals surface area contributed by atoms with Gasteiger partial charge < -0.3 is 20.3 Å². The lowest BCUT2D eigenvalue weighted by Crippen LogP contribution is -2.47. The third-order valence-corrected chi connectivity index (χ3v) is 4.37. The second-order valence-corrected chi connectivity index (χ2v) is 6.54. The van der Waals surface area contributed by atoms with Crippen molar-refractivity contribution in [3.63, 3.8) is 0 Å². The molecule has 2 heterocycles. The molecule has 8 nitrogen and oxygen atoms in total.